The molecule has 0 unspecified atom stereocenters. The average Bonchev–Trinajstić information content (AvgIpc) is 3.27. The van der Waals surface area contributed by atoms with Crippen LogP contribution in [0, 0.1) is 27.2 Å². The molecule has 13 nitrogen and oxygen atoms in total. The Morgan fingerprint density at radius 2 is 1.84 bits per heavy atom. The number of aryl methyl sites for hydroxylation is 1. The molecule has 0 fully saturated rings. The van der Waals surface area contributed by atoms with Crippen molar-refractivity contribution in [2.75, 3.05) is 24.5 Å². The Bertz CT molecular complexity index is 1490. The van der Waals surface area contributed by atoms with Crippen LogP contribution in [0.3, 0.4) is 0 Å². The van der Waals surface area contributed by atoms with E-state index in [1.54, 1.807) is 31.2 Å². The quantitative estimate of drug-likeness (QED) is 0.265. The number of benzene rings is 2. The first-order valence-electron chi connectivity index (χ1n) is 11.5. The van der Waals surface area contributed by atoms with E-state index >= 15 is 0 Å². The largest absolute Gasteiger partial charge is 0.465 e. The number of fused-ring (bicyclic) bond motifs is 1. The van der Waals surface area contributed by atoms with Crippen molar-refractivity contribution in [1.82, 2.24) is 0 Å². The monoisotopic (exact) mass is 521 g/mol. The highest BCUT2D eigenvalue weighted by atomic mass is 16.6. The van der Waals surface area contributed by atoms with Gasteiger partial charge in [0, 0.05) is 30.7 Å². The van der Waals surface area contributed by atoms with Crippen molar-refractivity contribution in [2.24, 2.45) is 5.10 Å². The third-order valence-electron chi connectivity index (χ3n) is 6.20. The van der Waals surface area contributed by atoms with E-state index in [0.717, 1.165) is 12.1 Å². The number of nitrogens with one attached hydrogen (secondary N) is 1. The van der Waals surface area contributed by atoms with E-state index in [1.165, 1.54) is 25.1 Å². The molecule has 1 heterocycles. The van der Waals surface area contributed by atoms with Gasteiger partial charge in [0.2, 0.25) is 0 Å². The average molecular weight is 521 g/mol. The third kappa shape index (κ3) is 4.81. The maximum atomic E-state index is 13.4. The summed E-state index contributed by atoms with van der Waals surface area (Å²) in [5.41, 5.74) is 3.96. The Labute approximate surface area is 216 Å². The second-order valence-corrected chi connectivity index (χ2v) is 8.47. The Balaban J connectivity index is 1.67. The van der Waals surface area contributed by atoms with Crippen LogP contribution in [0.2, 0.25) is 0 Å². The predicted octanol–water partition coefficient (Wildman–Crippen LogP) is 4.62. The van der Waals surface area contributed by atoms with Gasteiger partial charge in [-0.3, -0.25) is 30.4 Å². The SMILES string of the molecule is COC(=O)c1ccccc1N(C)C(=O)c1oc2c(c1C)/C(=N/Nc1ccc([N+](=O)[O-])cc1[N+](=O)[O-])CCC2. The molecule has 3 aromatic rings. The van der Waals surface area contributed by atoms with Gasteiger partial charge < -0.3 is 14.1 Å². The van der Waals surface area contributed by atoms with E-state index in [4.69, 9.17) is 9.15 Å². The number of methoxy groups -OCH3 is 1. The van der Waals surface area contributed by atoms with Gasteiger partial charge in [-0.15, -0.1) is 0 Å². The summed E-state index contributed by atoms with van der Waals surface area (Å²) in [4.78, 5) is 47.9. The van der Waals surface area contributed by atoms with Crippen LogP contribution in [0.25, 0.3) is 0 Å². The molecule has 0 spiro atoms. The number of non-ortho nitro benzene ring substituents is 1. The fourth-order valence-corrected chi connectivity index (χ4v) is 4.30. The molecule has 1 amide bonds. The van der Waals surface area contributed by atoms with Crippen LogP contribution >= 0.6 is 0 Å². The molecule has 1 aliphatic carbocycles. The molecule has 38 heavy (non-hydrogen) atoms. The van der Waals surface area contributed by atoms with Crippen molar-refractivity contribution in [3.05, 3.63) is 90.9 Å². The molecule has 0 saturated heterocycles. The topological polar surface area (TPSA) is 170 Å². The Morgan fingerprint density at radius 3 is 2.53 bits per heavy atom. The lowest BCUT2D eigenvalue weighted by molar-refractivity contribution is -0.393. The van der Waals surface area contributed by atoms with Gasteiger partial charge in [0.25, 0.3) is 11.6 Å². The molecule has 0 aliphatic heterocycles. The maximum Gasteiger partial charge on any atom is 0.339 e. The summed E-state index contributed by atoms with van der Waals surface area (Å²) in [6, 6.07) is 9.75. The van der Waals surface area contributed by atoms with Gasteiger partial charge in [0.05, 0.1) is 40.0 Å². The Morgan fingerprint density at radius 1 is 1.11 bits per heavy atom. The first kappa shape index (κ1) is 26.0. The molecule has 13 heteroatoms. The fraction of sp³-hybridized carbons (Fsp3) is 0.240. The number of ether oxygens (including phenoxy) is 1. The summed E-state index contributed by atoms with van der Waals surface area (Å²) in [5.74, 6) is -0.443. The van der Waals surface area contributed by atoms with Crippen molar-refractivity contribution in [1.29, 1.82) is 0 Å². The number of para-hydroxylation sites is 1. The highest BCUT2D eigenvalue weighted by molar-refractivity contribution is 6.11. The van der Waals surface area contributed by atoms with Gasteiger partial charge >= 0.3 is 11.7 Å². The zero-order chi connectivity index (χ0) is 27.6. The smallest absolute Gasteiger partial charge is 0.339 e. The molecule has 0 bridgehead atoms. The summed E-state index contributed by atoms with van der Waals surface area (Å²) < 4.78 is 10.8. The van der Waals surface area contributed by atoms with E-state index in [2.05, 4.69) is 10.5 Å². The molecule has 0 radical (unpaired) electrons. The van der Waals surface area contributed by atoms with Crippen LogP contribution in [-0.4, -0.2) is 41.6 Å². The van der Waals surface area contributed by atoms with Gasteiger partial charge in [-0.25, -0.2) is 4.79 Å². The number of hydrogen-bond donors (Lipinski definition) is 1. The number of carbonyl (C=O) groups is 2. The van der Waals surface area contributed by atoms with Crippen LogP contribution in [-0.2, 0) is 11.2 Å². The van der Waals surface area contributed by atoms with E-state index in [9.17, 15) is 29.8 Å². The van der Waals surface area contributed by atoms with Crippen molar-refractivity contribution < 1.29 is 28.6 Å². The highest BCUT2D eigenvalue weighted by Gasteiger charge is 2.31. The summed E-state index contributed by atoms with van der Waals surface area (Å²) in [7, 11) is 2.78. The minimum atomic E-state index is -0.732. The van der Waals surface area contributed by atoms with Crippen molar-refractivity contribution in [3.8, 4) is 0 Å². The van der Waals surface area contributed by atoms with Gasteiger partial charge in [0.1, 0.15) is 11.4 Å². The normalized spacial score (nSPS) is 13.5. The van der Waals surface area contributed by atoms with Gasteiger partial charge in [-0.2, -0.15) is 5.10 Å². The van der Waals surface area contributed by atoms with Crippen molar-refractivity contribution >= 4 is 40.3 Å². The van der Waals surface area contributed by atoms with E-state index in [-0.39, 0.29) is 17.0 Å². The summed E-state index contributed by atoms with van der Waals surface area (Å²) >= 11 is 0. The van der Waals surface area contributed by atoms with Crippen LogP contribution in [0.1, 0.15) is 50.6 Å². The number of rotatable bonds is 7. The number of esters is 1. The summed E-state index contributed by atoms with van der Waals surface area (Å²) in [6.07, 6.45) is 1.73. The number of hydrazone groups is 1. The molecular formula is C25H23N5O8. The molecule has 1 N–H and O–H groups in total. The molecular weight excluding hydrogens is 498 g/mol. The van der Waals surface area contributed by atoms with Crippen molar-refractivity contribution in [2.45, 2.75) is 26.2 Å². The summed E-state index contributed by atoms with van der Waals surface area (Å²) in [5, 5.41) is 26.8. The lowest BCUT2D eigenvalue weighted by Crippen LogP contribution is -2.28. The molecule has 0 saturated carbocycles. The molecule has 196 valence electrons. The predicted molar refractivity (Wildman–Crippen MR) is 137 cm³/mol. The van der Waals surface area contributed by atoms with E-state index < -0.39 is 33.1 Å². The van der Waals surface area contributed by atoms with Gasteiger partial charge in [-0.1, -0.05) is 12.1 Å². The zero-order valence-corrected chi connectivity index (χ0v) is 20.7. The Kier molecular flexibility index (Phi) is 7.19. The zero-order valence-electron chi connectivity index (χ0n) is 20.7. The van der Waals surface area contributed by atoms with Crippen LogP contribution in [0.4, 0.5) is 22.7 Å². The number of nitrogens with zero attached hydrogens (tertiary/aromatic N) is 4. The van der Waals surface area contributed by atoms with Crippen LogP contribution in [0.5, 0.6) is 0 Å². The number of anilines is 2. The number of furan rings is 1. The number of hydrogen-bond acceptors (Lipinski definition) is 10. The van der Waals surface area contributed by atoms with Gasteiger partial charge in [-0.05, 0) is 38.0 Å². The van der Waals surface area contributed by atoms with E-state index in [1.807, 2.05) is 0 Å². The molecule has 1 aromatic heterocycles. The lowest BCUT2D eigenvalue weighted by atomic mass is 9.93. The van der Waals surface area contributed by atoms with Gasteiger partial charge in [0.15, 0.2) is 5.76 Å². The van der Waals surface area contributed by atoms with E-state index in [0.29, 0.717) is 47.5 Å². The molecule has 1 aliphatic rings. The first-order valence-corrected chi connectivity index (χ1v) is 11.5. The number of amides is 1. The minimum absolute atomic E-state index is 0.0168. The fourth-order valence-electron chi connectivity index (χ4n) is 4.30. The first-order chi connectivity index (χ1) is 18.1. The second-order valence-electron chi connectivity index (χ2n) is 8.47. The molecule has 2 aromatic carbocycles. The molecule has 0 atom stereocenters. The van der Waals surface area contributed by atoms with Crippen LogP contribution in [0.15, 0.2) is 52.0 Å². The van der Waals surface area contributed by atoms with Crippen molar-refractivity contribution in [3.63, 3.8) is 0 Å². The lowest BCUT2D eigenvalue weighted by Gasteiger charge is -2.19. The van der Waals surface area contributed by atoms with Crippen LogP contribution < -0.4 is 10.3 Å². The Hall–Kier alpha value is -5.07. The second kappa shape index (κ2) is 10.5. The third-order valence-corrected chi connectivity index (χ3v) is 6.20. The minimum Gasteiger partial charge on any atom is -0.465 e. The number of nitro benzene ring substituents is 2. The molecule has 4 rings (SSSR count). The number of carbonyl (C=O) groups excluding carboxylic acids is 2. The highest BCUT2D eigenvalue weighted by Crippen LogP contribution is 2.33. The summed E-state index contributed by atoms with van der Waals surface area (Å²) in [6.45, 7) is 1.71. The number of nitro groups is 2. The standard InChI is InChI=1S/C25H23N5O8/c1-14-22-18(27-26-17-12-11-15(29(33)34)13-20(17)30(35)36)8-6-10-21(22)38-23(14)24(31)28(2)19-9-5-4-7-16(19)25(32)37-3/h4-5,7,9,11-13,26H,6,8,10H2,1-3H3/b27-18+. The maximum absolute atomic E-state index is 13.4.